The fourth-order valence-corrected chi connectivity index (χ4v) is 9.58. The second-order valence-corrected chi connectivity index (χ2v) is 13.1. The number of aliphatic hydroxyl groups is 4. The van der Waals surface area contributed by atoms with Gasteiger partial charge in [-0.25, -0.2) is 4.79 Å². The van der Waals surface area contributed by atoms with E-state index in [1.54, 1.807) is 6.08 Å². The number of cyclic esters (lactones) is 1. The number of carbonyl (C=O) groups is 1. The van der Waals surface area contributed by atoms with Crippen molar-refractivity contribution in [2.24, 2.45) is 34.5 Å². The Labute approximate surface area is 213 Å². The second-order valence-electron chi connectivity index (χ2n) is 13.1. The lowest BCUT2D eigenvalue weighted by Gasteiger charge is -2.64. The summed E-state index contributed by atoms with van der Waals surface area (Å²) in [5.41, 5.74) is 0.257. The summed E-state index contributed by atoms with van der Waals surface area (Å²) in [6, 6.07) is 0. The van der Waals surface area contributed by atoms with Crippen LogP contribution in [0, 0.1) is 34.5 Å². The van der Waals surface area contributed by atoms with E-state index in [9.17, 15) is 25.2 Å². The fraction of sp³-hybridized carbons (Fsp3) is 0.893. The molecule has 0 amide bonds. The Kier molecular flexibility index (Phi) is 6.14. The lowest BCUT2D eigenvalue weighted by Crippen LogP contribution is -2.62. The molecule has 1 saturated heterocycles. The maximum atomic E-state index is 12.3. The van der Waals surface area contributed by atoms with Gasteiger partial charge in [0.2, 0.25) is 0 Å². The molecule has 3 unspecified atom stereocenters. The Hall–Kier alpha value is -1.03. The van der Waals surface area contributed by atoms with E-state index in [0.717, 1.165) is 63.4 Å². The molecule has 6 rings (SSSR count). The zero-order chi connectivity index (χ0) is 25.5. The zero-order valence-electron chi connectivity index (χ0n) is 21.5. The van der Waals surface area contributed by atoms with Crippen molar-refractivity contribution in [3.05, 3.63) is 11.6 Å². The minimum Gasteiger partial charge on any atom is -0.458 e. The SMILES string of the molecule is C[C@]12CC[C@H](O[C@H]3OC[C@H](O)[C@@H](O)C3O)C[C@H]1CCC1C2CC[C@]2(C)[C@@H](C3=CC(=O)OC3)CC[C@]12O. The van der Waals surface area contributed by atoms with Crippen LogP contribution in [-0.4, -0.2) is 75.9 Å². The smallest absolute Gasteiger partial charge is 0.331 e. The Bertz CT molecular complexity index is 921. The van der Waals surface area contributed by atoms with Crippen molar-refractivity contribution in [2.75, 3.05) is 13.2 Å². The largest absolute Gasteiger partial charge is 0.458 e. The topological polar surface area (TPSA) is 126 Å². The van der Waals surface area contributed by atoms with E-state index in [0.29, 0.717) is 18.4 Å². The zero-order valence-corrected chi connectivity index (χ0v) is 21.5. The Morgan fingerprint density at radius 2 is 1.78 bits per heavy atom. The molecule has 5 fully saturated rings. The van der Waals surface area contributed by atoms with Gasteiger partial charge in [0.1, 0.15) is 24.9 Å². The number of ether oxygens (including phenoxy) is 3. The average Bonchev–Trinajstić information content (AvgIpc) is 3.39. The fourth-order valence-electron chi connectivity index (χ4n) is 9.58. The predicted molar refractivity (Wildman–Crippen MR) is 128 cm³/mol. The summed E-state index contributed by atoms with van der Waals surface area (Å²) in [6.07, 6.45) is 5.63. The monoisotopic (exact) mass is 506 g/mol. The predicted octanol–water partition coefficient (Wildman–Crippen LogP) is 2.07. The average molecular weight is 507 g/mol. The molecule has 2 heterocycles. The molecule has 0 spiro atoms. The van der Waals surface area contributed by atoms with Crippen LogP contribution in [0.1, 0.15) is 71.6 Å². The summed E-state index contributed by atoms with van der Waals surface area (Å²) in [5, 5.41) is 42.4. The maximum Gasteiger partial charge on any atom is 0.331 e. The highest BCUT2D eigenvalue weighted by Gasteiger charge is 2.67. The van der Waals surface area contributed by atoms with Gasteiger partial charge in [0.05, 0.1) is 18.3 Å². The minimum absolute atomic E-state index is 0.0456. The third-order valence-corrected chi connectivity index (χ3v) is 11.7. The molecule has 0 aromatic carbocycles. The first-order chi connectivity index (χ1) is 17.1. The van der Waals surface area contributed by atoms with Crippen LogP contribution in [0.5, 0.6) is 0 Å². The summed E-state index contributed by atoms with van der Waals surface area (Å²) < 4.78 is 16.9. The molecule has 2 aliphatic heterocycles. The van der Waals surface area contributed by atoms with Gasteiger partial charge in [0.25, 0.3) is 0 Å². The number of fused-ring (bicyclic) bond motifs is 5. The number of carbonyl (C=O) groups excluding carboxylic acids is 1. The van der Waals surface area contributed by atoms with E-state index < -0.39 is 30.2 Å². The van der Waals surface area contributed by atoms with E-state index in [1.807, 2.05) is 0 Å². The molecule has 12 atom stereocenters. The number of aliphatic hydroxyl groups excluding tert-OH is 3. The van der Waals surface area contributed by atoms with Crippen molar-refractivity contribution in [1.82, 2.24) is 0 Å². The maximum absolute atomic E-state index is 12.3. The van der Waals surface area contributed by atoms with Crippen molar-refractivity contribution >= 4 is 5.97 Å². The first-order valence-electron chi connectivity index (χ1n) is 14.0. The number of rotatable bonds is 3. The van der Waals surface area contributed by atoms with Crippen molar-refractivity contribution in [3.8, 4) is 0 Å². The van der Waals surface area contributed by atoms with E-state index in [-0.39, 0.29) is 41.3 Å². The molecule has 202 valence electrons. The van der Waals surface area contributed by atoms with E-state index in [2.05, 4.69) is 13.8 Å². The molecular formula is C28H42O8. The molecule has 0 aromatic rings. The molecule has 4 aliphatic carbocycles. The van der Waals surface area contributed by atoms with Gasteiger partial charge >= 0.3 is 5.97 Å². The number of esters is 1. The number of hydrogen-bond acceptors (Lipinski definition) is 8. The molecule has 8 nitrogen and oxygen atoms in total. The van der Waals surface area contributed by atoms with Gasteiger partial charge < -0.3 is 34.6 Å². The van der Waals surface area contributed by atoms with Gasteiger partial charge in [-0.05, 0) is 92.4 Å². The highest BCUT2D eigenvalue weighted by atomic mass is 16.7. The summed E-state index contributed by atoms with van der Waals surface area (Å²) in [5.74, 6) is 1.15. The van der Waals surface area contributed by atoms with Crippen LogP contribution in [0.4, 0.5) is 0 Å². The van der Waals surface area contributed by atoms with Crippen LogP contribution in [-0.2, 0) is 19.0 Å². The second kappa shape index (κ2) is 8.75. The van der Waals surface area contributed by atoms with Crippen LogP contribution < -0.4 is 0 Å². The lowest BCUT2D eigenvalue weighted by atomic mass is 9.43. The first-order valence-corrected chi connectivity index (χ1v) is 14.0. The summed E-state index contributed by atoms with van der Waals surface area (Å²) in [7, 11) is 0. The molecular weight excluding hydrogens is 464 g/mol. The Balaban J connectivity index is 1.16. The van der Waals surface area contributed by atoms with Gasteiger partial charge in [0, 0.05) is 11.5 Å². The van der Waals surface area contributed by atoms with Crippen molar-refractivity contribution in [2.45, 2.75) is 108 Å². The molecule has 36 heavy (non-hydrogen) atoms. The van der Waals surface area contributed by atoms with Crippen LogP contribution >= 0.6 is 0 Å². The van der Waals surface area contributed by atoms with Crippen LogP contribution in [0.15, 0.2) is 11.6 Å². The molecule has 8 heteroatoms. The van der Waals surface area contributed by atoms with Gasteiger partial charge in [-0.15, -0.1) is 0 Å². The third-order valence-electron chi connectivity index (χ3n) is 11.7. The summed E-state index contributed by atoms with van der Waals surface area (Å²) in [6.45, 7) is 5.00. The van der Waals surface area contributed by atoms with Crippen molar-refractivity contribution in [1.29, 1.82) is 0 Å². The normalized spacial score (nSPS) is 54.8. The Morgan fingerprint density at radius 3 is 2.53 bits per heavy atom. The van der Waals surface area contributed by atoms with Gasteiger partial charge in [-0.3, -0.25) is 0 Å². The molecule has 0 aromatic heterocycles. The molecule has 6 aliphatic rings. The van der Waals surface area contributed by atoms with E-state index in [1.165, 1.54) is 0 Å². The van der Waals surface area contributed by atoms with Crippen LogP contribution in [0.2, 0.25) is 0 Å². The standard InChI is InChI=1S/C28H42O8/c1-26-8-5-17(36-25-24(32)23(31)21(29)14-35-25)12-16(26)3-4-20-19(26)6-9-27(2)18(7-10-28(20,27)33)15-11-22(30)34-13-15/h11,16-21,23-25,29,31-33H,3-10,12-14H2,1-2H3/t16-,17+,18-,19?,20?,21+,23-,24?,25-,26+,27-,28+/m1/s1. The molecule has 0 radical (unpaired) electrons. The lowest BCUT2D eigenvalue weighted by molar-refractivity contribution is -0.290. The molecule has 4 saturated carbocycles. The first kappa shape index (κ1) is 25.3. The Morgan fingerprint density at radius 1 is 0.972 bits per heavy atom. The summed E-state index contributed by atoms with van der Waals surface area (Å²) in [4.78, 5) is 11.8. The van der Waals surface area contributed by atoms with Gasteiger partial charge in [0.15, 0.2) is 6.29 Å². The number of hydrogen-bond donors (Lipinski definition) is 4. The highest BCUT2D eigenvalue weighted by Crippen LogP contribution is 2.70. The van der Waals surface area contributed by atoms with Gasteiger partial charge in [-0.1, -0.05) is 13.8 Å². The van der Waals surface area contributed by atoms with E-state index >= 15 is 0 Å². The van der Waals surface area contributed by atoms with E-state index in [4.69, 9.17) is 14.2 Å². The molecule has 4 N–H and O–H groups in total. The van der Waals surface area contributed by atoms with Crippen molar-refractivity contribution in [3.63, 3.8) is 0 Å². The highest BCUT2D eigenvalue weighted by molar-refractivity contribution is 5.85. The van der Waals surface area contributed by atoms with Crippen LogP contribution in [0.25, 0.3) is 0 Å². The summed E-state index contributed by atoms with van der Waals surface area (Å²) >= 11 is 0. The minimum atomic E-state index is -1.26. The third kappa shape index (κ3) is 3.58. The van der Waals surface area contributed by atoms with Gasteiger partial charge in [-0.2, -0.15) is 0 Å². The van der Waals surface area contributed by atoms with Crippen molar-refractivity contribution < 1.29 is 39.4 Å². The van der Waals surface area contributed by atoms with Crippen LogP contribution in [0.3, 0.4) is 0 Å². The quantitative estimate of drug-likeness (QED) is 0.339. The molecule has 0 bridgehead atoms.